The molecule has 0 aromatic heterocycles. The molecule has 0 heterocycles. The second-order valence-electron chi connectivity index (χ2n) is 5.29. The third-order valence-corrected chi connectivity index (χ3v) is 2.41. The molecule has 1 fully saturated rings. The van der Waals surface area contributed by atoms with Crippen LogP contribution in [0.5, 0.6) is 0 Å². The Morgan fingerprint density at radius 3 is 2.69 bits per heavy atom. The van der Waals surface area contributed by atoms with Gasteiger partial charge in [0.15, 0.2) is 0 Å². The minimum Gasteiger partial charge on any atom is -0.460 e. The van der Waals surface area contributed by atoms with Crippen LogP contribution < -0.4 is 0 Å². The fourth-order valence-corrected chi connectivity index (χ4v) is 1.50. The van der Waals surface area contributed by atoms with Gasteiger partial charge in [-0.15, -0.1) is 0 Å². The smallest absolute Gasteiger partial charge is 0.309 e. The minimum atomic E-state index is -0.401. The van der Waals surface area contributed by atoms with E-state index in [4.69, 9.17) is 14.6 Å². The van der Waals surface area contributed by atoms with Crippen LogP contribution in [0.15, 0.2) is 0 Å². The van der Waals surface area contributed by atoms with Crippen molar-refractivity contribution in [3.63, 3.8) is 0 Å². The number of carbonyl (C=O) groups is 1. The van der Waals surface area contributed by atoms with Gasteiger partial charge in [-0.25, -0.2) is 0 Å². The highest BCUT2D eigenvalue weighted by Gasteiger charge is 2.45. The Balaban J connectivity index is 2.11. The molecule has 0 spiro atoms. The van der Waals surface area contributed by atoms with E-state index in [9.17, 15) is 4.79 Å². The molecule has 4 nitrogen and oxygen atoms in total. The molecule has 4 heteroatoms. The van der Waals surface area contributed by atoms with Crippen molar-refractivity contribution in [2.24, 2.45) is 11.8 Å². The maximum absolute atomic E-state index is 11.6. The summed E-state index contributed by atoms with van der Waals surface area (Å²) in [6, 6.07) is 0. The molecule has 0 bridgehead atoms. The Labute approximate surface area is 96.9 Å². The molecule has 0 unspecified atom stereocenters. The zero-order chi connectivity index (χ0) is 12.2. The SMILES string of the molecule is CC(C)(C)OC(=O)[C@@H]1C[C@H]1COCCCO. The Morgan fingerprint density at radius 2 is 2.12 bits per heavy atom. The molecule has 0 amide bonds. The first kappa shape index (κ1) is 13.5. The van der Waals surface area contributed by atoms with E-state index >= 15 is 0 Å². The molecule has 94 valence electrons. The van der Waals surface area contributed by atoms with Gasteiger partial charge in [-0.1, -0.05) is 0 Å². The summed E-state index contributed by atoms with van der Waals surface area (Å²) in [6.07, 6.45) is 1.53. The average molecular weight is 230 g/mol. The number of ether oxygens (including phenoxy) is 2. The van der Waals surface area contributed by atoms with Gasteiger partial charge in [-0.3, -0.25) is 4.79 Å². The third kappa shape index (κ3) is 4.94. The maximum Gasteiger partial charge on any atom is 0.309 e. The zero-order valence-electron chi connectivity index (χ0n) is 10.4. The second kappa shape index (κ2) is 5.64. The van der Waals surface area contributed by atoms with Crippen LogP contribution in [0.25, 0.3) is 0 Å². The first-order valence-corrected chi connectivity index (χ1v) is 5.85. The lowest BCUT2D eigenvalue weighted by Crippen LogP contribution is -2.25. The summed E-state index contributed by atoms with van der Waals surface area (Å²) in [5.41, 5.74) is -0.401. The molecule has 0 aromatic carbocycles. The largest absolute Gasteiger partial charge is 0.460 e. The topological polar surface area (TPSA) is 55.8 Å². The standard InChI is InChI=1S/C12H22O4/c1-12(2,3)16-11(14)10-7-9(10)8-15-6-4-5-13/h9-10,13H,4-8H2,1-3H3/t9-,10+/m0/s1. The molecule has 0 saturated heterocycles. The van der Waals surface area contributed by atoms with Crippen molar-refractivity contribution in [3.8, 4) is 0 Å². The van der Waals surface area contributed by atoms with Crippen LogP contribution in [0.1, 0.15) is 33.6 Å². The maximum atomic E-state index is 11.6. The van der Waals surface area contributed by atoms with Crippen LogP contribution in [-0.4, -0.2) is 36.5 Å². The van der Waals surface area contributed by atoms with E-state index in [1.807, 2.05) is 20.8 Å². The van der Waals surface area contributed by atoms with Gasteiger partial charge in [0.1, 0.15) is 5.60 Å². The highest BCUT2D eigenvalue weighted by atomic mass is 16.6. The van der Waals surface area contributed by atoms with Crippen molar-refractivity contribution in [2.75, 3.05) is 19.8 Å². The molecular formula is C12H22O4. The predicted octanol–water partition coefficient (Wildman–Crippen LogP) is 1.36. The molecule has 0 aromatic rings. The van der Waals surface area contributed by atoms with Gasteiger partial charge in [0.25, 0.3) is 0 Å². The van der Waals surface area contributed by atoms with Gasteiger partial charge in [-0.2, -0.15) is 0 Å². The monoisotopic (exact) mass is 230 g/mol. The van der Waals surface area contributed by atoms with E-state index in [-0.39, 0.29) is 18.5 Å². The van der Waals surface area contributed by atoms with Crippen LogP contribution >= 0.6 is 0 Å². The fourth-order valence-electron chi connectivity index (χ4n) is 1.50. The number of esters is 1. The number of hydrogen-bond acceptors (Lipinski definition) is 4. The van der Waals surface area contributed by atoms with Crippen LogP contribution in [0.3, 0.4) is 0 Å². The summed E-state index contributed by atoms with van der Waals surface area (Å²) in [5.74, 6) is 0.227. The average Bonchev–Trinajstić information content (AvgIpc) is 2.89. The van der Waals surface area contributed by atoms with Gasteiger partial charge in [-0.05, 0) is 39.5 Å². The lowest BCUT2D eigenvalue weighted by atomic mass is 10.2. The van der Waals surface area contributed by atoms with Crippen molar-refractivity contribution in [1.82, 2.24) is 0 Å². The molecule has 16 heavy (non-hydrogen) atoms. The van der Waals surface area contributed by atoms with E-state index in [0.717, 1.165) is 6.42 Å². The summed E-state index contributed by atoms with van der Waals surface area (Å²) in [7, 11) is 0. The predicted molar refractivity (Wildman–Crippen MR) is 60.0 cm³/mol. The zero-order valence-corrected chi connectivity index (χ0v) is 10.4. The molecule has 1 aliphatic rings. The molecule has 1 rings (SSSR count). The summed E-state index contributed by atoms with van der Waals surface area (Å²) < 4.78 is 10.6. The van der Waals surface area contributed by atoms with Gasteiger partial charge >= 0.3 is 5.97 Å². The Bertz CT molecular complexity index is 232. The first-order chi connectivity index (χ1) is 7.44. The second-order valence-corrected chi connectivity index (χ2v) is 5.29. The van der Waals surface area contributed by atoms with Crippen LogP contribution in [-0.2, 0) is 14.3 Å². The summed E-state index contributed by atoms with van der Waals surface area (Å²) in [4.78, 5) is 11.6. The van der Waals surface area contributed by atoms with E-state index < -0.39 is 5.60 Å². The molecule has 2 atom stereocenters. The van der Waals surface area contributed by atoms with Gasteiger partial charge in [0, 0.05) is 13.2 Å². The highest BCUT2D eigenvalue weighted by Crippen LogP contribution is 2.40. The summed E-state index contributed by atoms with van der Waals surface area (Å²) in [6.45, 7) is 6.94. The summed E-state index contributed by atoms with van der Waals surface area (Å²) in [5, 5.41) is 8.56. The number of hydrogen-bond donors (Lipinski definition) is 1. The van der Waals surface area contributed by atoms with Crippen molar-refractivity contribution in [2.45, 2.75) is 39.2 Å². The van der Waals surface area contributed by atoms with Crippen LogP contribution in [0.4, 0.5) is 0 Å². The number of aliphatic hydroxyl groups is 1. The van der Waals surface area contributed by atoms with Crippen molar-refractivity contribution >= 4 is 5.97 Å². The van der Waals surface area contributed by atoms with Crippen LogP contribution in [0.2, 0.25) is 0 Å². The molecule has 1 aliphatic carbocycles. The Kier molecular flexibility index (Phi) is 4.74. The Morgan fingerprint density at radius 1 is 1.44 bits per heavy atom. The quantitative estimate of drug-likeness (QED) is 0.553. The lowest BCUT2D eigenvalue weighted by Gasteiger charge is -2.19. The molecule has 1 N–H and O–H groups in total. The lowest BCUT2D eigenvalue weighted by molar-refractivity contribution is -0.157. The molecule has 0 aliphatic heterocycles. The Hall–Kier alpha value is -0.610. The van der Waals surface area contributed by atoms with Gasteiger partial charge < -0.3 is 14.6 Å². The summed E-state index contributed by atoms with van der Waals surface area (Å²) >= 11 is 0. The molecular weight excluding hydrogens is 208 g/mol. The molecule has 1 saturated carbocycles. The number of aliphatic hydroxyl groups excluding tert-OH is 1. The van der Waals surface area contributed by atoms with Crippen LogP contribution in [0, 0.1) is 11.8 Å². The van der Waals surface area contributed by atoms with Crippen molar-refractivity contribution in [3.05, 3.63) is 0 Å². The minimum absolute atomic E-state index is 0.0216. The van der Waals surface area contributed by atoms with Crippen molar-refractivity contribution < 1.29 is 19.4 Å². The molecule has 0 radical (unpaired) electrons. The van der Waals surface area contributed by atoms with E-state index in [1.54, 1.807) is 0 Å². The first-order valence-electron chi connectivity index (χ1n) is 5.85. The van der Waals surface area contributed by atoms with E-state index in [2.05, 4.69) is 0 Å². The van der Waals surface area contributed by atoms with Gasteiger partial charge in [0.05, 0.1) is 12.5 Å². The normalized spacial score (nSPS) is 24.2. The fraction of sp³-hybridized carbons (Fsp3) is 0.917. The van der Waals surface area contributed by atoms with E-state index in [1.165, 1.54) is 0 Å². The van der Waals surface area contributed by atoms with Gasteiger partial charge in [0.2, 0.25) is 0 Å². The number of carbonyl (C=O) groups excluding carboxylic acids is 1. The number of rotatable bonds is 6. The highest BCUT2D eigenvalue weighted by molar-refractivity contribution is 5.76. The van der Waals surface area contributed by atoms with E-state index in [0.29, 0.717) is 25.6 Å². The third-order valence-electron chi connectivity index (χ3n) is 2.41. The van der Waals surface area contributed by atoms with Crippen molar-refractivity contribution in [1.29, 1.82) is 0 Å².